The molecule has 210 valence electrons. The van der Waals surface area contributed by atoms with Gasteiger partial charge >= 0.3 is 0 Å². The summed E-state index contributed by atoms with van der Waals surface area (Å²) in [6.45, 7) is 3.73. The van der Waals surface area contributed by atoms with Gasteiger partial charge in [0, 0.05) is 35.8 Å². The summed E-state index contributed by atoms with van der Waals surface area (Å²) in [5.41, 5.74) is -4.81. The number of allylic oxidation sites excluding steroid dienone is 4. The second-order valence-electron chi connectivity index (χ2n) is 12.7. The average molecular weight is 542 g/mol. The molecule has 39 heavy (non-hydrogen) atoms. The molecule has 1 saturated heterocycles. The Morgan fingerprint density at radius 1 is 1.18 bits per heavy atom. The molecule has 0 amide bonds. The molecule has 8 heteroatoms. The fourth-order valence-corrected chi connectivity index (χ4v) is 9.18. The molecule has 1 aromatic carbocycles. The fraction of sp³-hybridized carbons (Fsp3) is 0.613. The van der Waals surface area contributed by atoms with Crippen LogP contribution in [-0.4, -0.2) is 70.1 Å². The van der Waals surface area contributed by atoms with E-state index in [1.165, 1.54) is 23.8 Å². The number of halogens is 2. The molecule has 1 heterocycles. The van der Waals surface area contributed by atoms with Gasteiger partial charge in [-0.3, -0.25) is 14.4 Å². The number of Topliss-reactive ketones (excluding diaryl/α,β-unsaturated/α-hetero) is 1. The number of rotatable bonds is 6. The van der Waals surface area contributed by atoms with E-state index in [0.29, 0.717) is 19.5 Å². The lowest BCUT2D eigenvalue weighted by Gasteiger charge is -2.63. The molecule has 4 aliphatic carbocycles. The number of hydrogen-bond donors (Lipinski definition) is 2. The van der Waals surface area contributed by atoms with E-state index in [4.69, 9.17) is 4.84 Å². The lowest BCUT2D eigenvalue weighted by atomic mass is 9.44. The second-order valence-corrected chi connectivity index (χ2v) is 12.7. The Kier molecular flexibility index (Phi) is 6.30. The minimum Gasteiger partial charge on any atom is -0.390 e. The summed E-state index contributed by atoms with van der Waals surface area (Å²) >= 11 is 0. The minimum absolute atomic E-state index is 0.0631. The van der Waals surface area contributed by atoms with Crippen LogP contribution in [0.15, 0.2) is 54.1 Å². The topological polar surface area (TPSA) is 87.1 Å². The predicted octanol–water partition coefficient (Wildman–Crippen LogP) is 3.71. The molecule has 1 aromatic rings. The highest BCUT2D eigenvalue weighted by molar-refractivity contribution is 6.01. The molecular weight excluding hydrogens is 504 g/mol. The van der Waals surface area contributed by atoms with Gasteiger partial charge in [-0.05, 0) is 68.2 Å². The summed E-state index contributed by atoms with van der Waals surface area (Å²) in [5, 5.41) is 23.4. The monoisotopic (exact) mass is 541 g/mol. The summed E-state index contributed by atoms with van der Waals surface area (Å²) in [4.78, 5) is 32.1. The van der Waals surface area contributed by atoms with Crippen molar-refractivity contribution in [1.82, 2.24) is 5.06 Å². The smallest absolute Gasteiger partial charge is 0.192 e. The van der Waals surface area contributed by atoms with Gasteiger partial charge in [0.15, 0.2) is 22.8 Å². The van der Waals surface area contributed by atoms with Crippen LogP contribution in [0.4, 0.5) is 8.78 Å². The molecule has 6 nitrogen and oxygen atoms in total. The predicted molar refractivity (Wildman–Crippen MR) is 140 cm³/mol. The van der Waals surface area contributed by atoms with Crippen molar-refractivity contribution in [2.75, 3.05) is 19.7 Å². The number of carbonyl (C=O) groups excluding carboxylic acids is 2. The summed E-state index contributed by atoms with van der Waals surface area (Å²) < 4.78 is 33.1. The van der Waals surface area contributed by atoms with Gasteiger partial charge in [-0.1, -0.05) is 43.3 Å². The first-order valence-corrected chi connectivity index (χ1v) is 14.1. The maximum atomic E-state index is 17.4. The third kappa shape index (κ3) is 3.51. The van der Waals surface area contributed by atoms with Crippen molar-refractivity contribution in [3.63, 3.8) is 0 Å². The quantitative estimate of drug-likeness (QED) is 0.571. The number of aliphatic hydroxyl groups is 2. The fourth-order valence-electron chi connectivity index (χ4n) is 9.18. The normalized spacial score (nSPS) is 44.8. The van der Waals surface area contributed by atoms with Crippen molar-refractivity contribution >= 4 is 11.6 Å². The maximum Gasteiger partial charge on any atom is 0.192 e. The maximum absolute atomic E-state index is 17.4. The summed E-state index contributed by atoms with van der Waals surface area (Å²) in [6.07, 6.45) is 2.67. The molecule has 0 bridgehead atoms. The number of alkyl halides is 2. The van der Waals surface area contributed by atoms with Crippen LogP contribution in [-0.2, 0) is 20.8 Å². The van der Waals surface area contributed by atoms with E-state index >= 15 is 8.78 Å². The summed E-state index contributed by atoms with van der Waals surface area (Å²) in [7, 11) is 0. The molecule has 0 aromatic heterocycles. The van der Waals surface area contributed by atoms with E-state index in [1.807, 2.05) is 25.1 Å². The standard InChI is InChI=1S/C31H37F2NO5/c1-28-11-10-21(36)14-24(28)25(32)15-23-22-13-20-17-34(12-6-9-19-7-4-3-5-8-19)39-31(20,27(38)18-35)29(22,2)16-26(37)30(23,28)33/h3-5,7-8,10-11,14,20,22-23,25-26,35,37H,6,9,12-13,15-18H2,1-2H3/t20-,22-,23-,25-,26-,28-,29-,30-,31-/m0/s1. The van der Waals surface area contributed by atoms with E-state index in [-0.39, 0.29) is 30.1 Å². The van der Waals surface area contributed by atoms with Crippen LogP contribution in [0.25, 0.3) is 0 Å². The average Bonchev–Trinajstić information content (AvgIpc) is 3.39. The summed E-state index contributed by atoms with van der Waals surface area (Å²) in [6, 6.07) is 10.1. The Hall–Kier alpha value is -2.26. The molecule has 3 saturated carbocycles. The van der Waals surface area contributed by atoms with E-state index in [2.05, 4.69) is 12.1 Å². The van der Waals surface area contributed by atoms with Crippen molar-refractivity contribution in [3.05, 3.63) is 59.7 Å². The lowest BCUT2D eigenvalue weighted by molar-refractivity contribution is -0.267. The van der Waals surface area contributed by atoms with Crippen LogP contribution < -0.4 is 0 Å². The molecule has 5 aliphatic rings. The largest absolute Gasteiger partial charge is 0.390 e. The molecule has 9 atom stereocenters. The SMILES string of the molecule is C[C@]12C=CC(=O)C=C1[C@@H](F)C[C@H]1[C@@H]3C[C@H]4CN(CCCc5ccccc5)O[C@@]4(C(=O)CO)[C@@]3(C)C[C@H](O)[C@@]12F. The van der Waals surface area contributed by atoms with Gasteiger partial charge in [-0.25, -0.2) is 8.78 Å². The van der Waals surface area contributed by atoms with Crippen molar-refractivity contribution in [2.24, 2.45) is 28.6 Å². The highest BCUT2D eigenvalue weighted by Crippen LogP contribution is 2.72. The van der Waals surface area contributed by atoms with E-state index in [0.717, 1.165) is 12.8 Å². The van der Waals surface area contributed by atoms with E-state index in [1.54, 1.807) is 12.0 Å². The third-order valence-electron chi connectivity index (χ3n) is 11.0. The van der Waals surface area contributed by atoms with Gasteiger partial charge in [0.05, 0.1) is 6.10 Å². The molecular formula is C31H37F2NO5. The second kappa shape index (κ2) is 9.13. The van der Waals surface area contributed by atoms with E-state index < -0.39 is 58.6 Å². The zero-order valence-electron chi connectivity index (χ0n) is 22.5. The number of hydroxylamine groups is 2. The van der Waals surface area contributed by atoms with Gasteiger partial charge in [0.25, 0.3) is 0 Å². The highest BCUT2D eigenvalue weighted by atomic mass is 19.1. The minimum atomic E-state index is -2.21. The number of hydrogen-bond acceptors (Lipinski definition) is 6. The Morgan fingerprint density at radius 2 is 1.92 bits per heavy atom. The zero-order chi connectivity index (χ0) is 27.8. The number of aryl methyl sites for hydroxylation is 1. The van der Waals surface area contributed by atoms with Gasteiger partial charge < -0.3 is 10.2 Å². The highest BCUT2D eigenvalue weighted by Gasteiger charge is 2.79. The number of fused-ring (bicyclic) bond motifs is 7. The number of carbonyl (C=O) groups is 2. The van der Waals surface area contributed by atoms with Crippen molar-refractivity contribution < 1.29 is 33.4 Å². The lowest BCUT2D eigenvalue weighted by Crippen LogP contribution is -2.70. The number of nitrogens with zero attached hydrogens (tertiary/aromatic N) is 1. The first-order valence-electron chi connectivity index (χ1n) is 14.1. The number of ketones is 2. The van der Waals surface area contributed by atoms with Crippen molar-refractivity contribution in [3.8, 4) is 0 Å². The van der Waals surface area contributed by atoms with Crippen LogP contribution in [0.3, 0.4) is 0 Å². The molecule has 1 aliphatic heterocycles. The van der Waals surface area contributed by atoms with Gasteiger partial charge in [-0.2, -0.15) is 5.06 Å². The van der Waals surface area contributed by atoms with E-state index in [9.17, 15) is 19.8 Å². The Balaban J connectivity index is 1.32. The number of aliphatic hydroxyl groups excluding tert-OH is 2. The Morgan fingerprint density at radius 3 is 2.64 bits per heavy atom. The Labute approximate surface area is 227 Å². The first kappa shape index (κ1) is 26.9. The summed E-state index contributed by atoms with van der Waals surface area (Å²) in [5.74, 6) is -2.49. The molecule has 4 fully saturated rings. The molecule has 0 spiro atoms. The van der Waals surface area contributed by atoms with Gasteiger partial charge in [-0.15, -0.1) is 0 Å². The third-order valence-corrected chi connectivity index (χ3v) is 11.0. The van der Waals surface area contributed by atoms with Gasteiger partial charge in [0.1, 0.15) is 12.8 Å². The van der Waals surface area contributed by atoms with Crippen LogP contribution in [0.1, 0.15) is 45.1 Å². The zero-order valence-corrected chi connectivity index (χ0v) is 22.5. The van der Waals surface area contributed by atoms with Crippen LogP contribution in [0.2, 0.25) is 0 Å². The van der Waals surface area contributed by atoms with Crippen molar-refractivity contribution in [2.45, 2.75) is 69.5 Å². The molecule has 0 unspecified atom stereocenters. The molecule has 6 rings (SSSR count). The van der Waals surface area contributed by atoms with Crippen LogP contribution in [0, 0.1) is 28.6 Å². The van der Waals surface area contributed by atoms with Crippen LogP contribution in [0.5, 0.6) is 0 Å². The molecule has 0 radical (unpaired) electrons. The van der Waals surface area contributed by atoms with Gasteiger partial charge in [0.2, 0.25) is 0 Å². The Bertz CT molecular complexity index is 1240. The van der Waals surface area contributed by atoms with Crippen LogP contribution >= 0.6 is 0 Å². The first-order chi connectivity index (χ1) is 18.5. The van der Waals surface area contributed by atoms with Crippen molar-refractivity contribution in [1.29, 1.82) is 0 Å². The molecule has 2 N–H and O–H groups in total. The number of benzene rings is 1.